The monoisotopic (exact) mass is 363 g/mol. The van der Waals surface area contributed by atoms with Crippen molar-refractivity contribution in [3.8, 4) is 0 Å². The maximum atomic E-state index is 12.8. The van der Waals surface area contributed by atoms with Crippen molar-refractivity contribution >= 4 is 29.3 Å². The lowest BCUT2D eigenvalue weighted by molar-refractivity contribution is -0.142. The van der Waals surface area contributed by atoms with Crippen LogP contribution in [0.3, 0.4) is 0 Å². The largest absolute Gasteiger partial charge is 0.467 e. The third-order valence-electron chi connectivity index (χ3n) is 2.99. The molecule has 0 bridgehead atoms. The van der Waals surface area contributed by atoms with Crippen molar-refractivity contribution in [3.05, 3.63) is 52.9 Å². The maximum absolute atomic E-state index is 12.8. The second kappa shape index (κ2) is 7.31. The number of carbonyl (C=O) groups excluding carboxylic acids is 1. The van der Waals surface area contributed by atoms with Gasteiger partial charge in [0.2, 0.25) is 0 Å². The third-order valence-corrected chi connectivity index (χ3v) is 4.04. The fourth-order valence-corrected chi connectivity index (χ4v) is 2.61. The van der Waals surface area contributed by atoms with Crippen LogP contribution in [0.1, 0.15) is 16.1 Å². The Bertz CT molecular complexity index is 674. The second-order valence-corrected chi connectivity index (χ2v) is 5.99. The summed E-state index contributed by atoms with van der Waals surface area (Å²) in [5, 5.41) is 0.111. The minimum absolute atomic E-state index is 0.0364. The van der Waals surface area contributed by atoms with Gasteiger partial charge in [-0.1, -0.05) is 11.6 Å². The summed E-state index contributed by atoms with van der Waals surface area (Å²) in [6, 6.07) is 7.74. The molecule has 2 aromatic rings. The van der Waals surface area contributed by atoms with Crippen molar-refractivity contribution in [2.45, 2.75) is 17.6 Å². The van der Waals surface area contributed by atoms with Gasteiger partial charge in [0.1, 0.15) is 12.3 Å². The molecular weight excluding hydrogens is 351 g/mol. The molecule has 1 amide bonds. The average Bonchev–Trinajstić information content (AvgIpc) is 2.98. The molecule has 1 aromatic heterocycles. The van der Waals surface area contributed by atoms with E-state index in [1.807, 2.05) is 0 Å². The lowest BCUT2D eigenvalue weighted by Gasteiger charge is -2.23. The molecule has 0 spiro atoms. The fourth-order valence-electron chi connectivity index (χ4n) is 1.97. The highest BCUT2D eigenvalue weighted by atomic mass is 35.5. The SMILES string of the molecule is CSc1ccc(Cl)c(C(=O)N(Cc2ccco2)CC(F)(F)F)c1. The smallest absolute Gasteiger partial charge is 0.406 e. The van der Waals surface area contributed by atoms with E-state index >= 15 is 0 Å². The summed E-state index contributed by atoms with van der Waals surface area (Å²) in [6.45, 7) is -1.67. The standard InChI is InChI=1S/C15H13ClF3NO2S/c1-23-11-4-5-13(16)12(7-11)14(21)20(9-15(17,18)19)8-10-3-2-6-22-10/h2-7H,8-9H2,1H3. The average molecular weight is 364 g/mol. The highest BCUT2D eigenvalue weighted by molar-refractivity contribution is 7.98. The summed E-state index contributed by atoms with van der Waals surface area (Å²) < 4.78 is 43.4. The van der Waals surface area contributed by atoms with E-state index in [2.05, 4.69) is 0 Å². The maximum Gasteiger partial charge on any atom is 0.406 e. The minimum atomic E-state index is -4.52. The van der Waals surface area contributed by atoms with Crippen LogP contribution in [0.15, 0.2) is 45.9 Å². The molecule has 23 heavy (non-hydrogen) atoms. The van der Waals surface area contributed by atoms with Crippen LogP contribution in [0.5, 0.6) is 0 Å². The highest BCUT2D eigenvalue weighted by Gasteiger charge is 2.34. The Kier molecular flexibility index (Phi) is 5.64. The molecule has 8 heteroatoms. The molecule has 0 N–H and O–H groups in total. The van der Waals surface area contributed by atoms with Crippen molar-refractivity contribution in [3.63, 3.8) is 0 Å². The Hall–Kier alpha value is -1.60. The van der Waals surface area contributed by atoms with Gasteiger partial charge in [-0.2, -0.15) is 13.2 Å². The lowest BCUT2D eigenvalue weighted by atomic mass is 10.2. The van der Waals surface area contributed by atoms with E-state index in [1.54, 1.807) is 18.4 Å². The van der Waals surface area contributed by atoms with Crippen LogP contribution in [0.25, 0.3) is 0 Å². The van der Waals surface area contributed by atoms with Crippen molar-refractivity contribution < 1.29 is 22.4 Å². The number of rotatable bonds is 5. The summed E-state index contributed by atoms with van der Waals surface area (Å²) in [4.78, 5) is 13.9. The third kappa shape index (κ3) is 4.94. The Morgan fingerprint density at radius 1 is 1.35 bits per heavy atom. The topological polar surface area (TPSA) is 33.5 Å². The first-order valence-electron chi connectivity index (χ1n) is 6.52. The molecule has 0 radical (unpaired) electrons. The van der Waals surface area contributed by atoms with Gasteiger partial charge in [-0.3, -0.25) is 4.79 Å². The summed E-state index contributed by atoms with van der Waals surface area (Å²) >= 11 is 7.35. The van der Waals surface area contributed by atoms with Crippen LogP contribution in [0.4, 0.5) is 13.2 Å². The van der Waals surface area contributed by atoms with E-state index in [-0.39, 0.29) is 22.9 Å². The van der Waals surface area contributed by atoms with Gasteiger partial charge in [0.15, 0.2) is 0 Å². The molecule has 0 fully saturated rings. The second-order valence-electron chi connectivity index (χ2n) is 4.70. The van der Waals surface area contributed by atoms with Crippen LogP contribution in [0, 0.1) is 0 Å². The molecule has 3 nitrogen and oxygen atoms in total. The predicted octanol–water partition coefficient (Wildman–Crippen LogP) is 4.86. The van der Waals surface area contributed by atoms with E-state index in [0.717, 1.165) is 4.90 Å². The van der Waals surface area contributed by atoms with Crippen molar-refractivity contribution in [1.82, 2.24) is 4.90 Å². The van der Waals surface area contributed by atoms with Crippen molar-refractivity contribution in [2.75, 3.05) is 12.8 Å². The van der Waals surface area contributed by atoms with Gasteiger partial charge in [-0.25, -0.2) is 0 Å². The lowest BCUT2D eigenvalue weighted by Crippen LogP contribution is -2.38. The van der Waals surface area contributed by atoms with Crippen LogP contribution in [-0.4, -0.2) is 29.8 Å². The molecule has 0 aliphatic heterocycles. The molecule has 0 aliphatic carbocycles. The zero-order valence-electron chi connectivity index (χ0n) is 12.1. The number of alkyl halides is 3. The zero-order valence-corrected chi connectivity index (χ0v) is 13.6. The number of halogens is 4. The van der Waals surface area contributed by atoms with Gasteiger partial charge in [-0.05, 0) is 36.6 Å². The van der Waals surface area contributed by atoms with Crippen LogP contribution in [0.2, 0.25) is 5.02 Å². The van der Waals surface area contributed by atoms with E-state index < -0.39 is 18.6 Å². The number of hydrogen-bond acceptors (Lipinski definition) is 3. The van der Waals surface area contributed by atoms with Gasteiger partial charge < -0.3 is 9.32 Å². The summed E-state index contributed by atoms with van der Waals surface area (Å²) in [7, 11) is 0. The normalized spacial score (nSPS) is 11.5. The van der Waals surface area contributed by atoms with Crippen molar-refractivity contribution in [2.24, 2.45) is 0 Å². The van der Waals surface area contributed by atoms with E-state index in [4.69, 9.17) is 16.0 Å². The first kappa shape index (κ1) is 17.7. The molecule has 2 rings (SSSR count). The summed E-state index contributed by atoms with van der Waals surface area (Å²) in [5.74, 6) is -0.528. The number of nitrogens with zero attached hydrogens (tertiary/aromatic N) is 1. The molecule has 0 unspecified atom stereocenters. The zero-order chi connectivity index (χ0) is 17.0. The molecule has 0 atom stereocenters. The quantitative estimate of drug-likeness (QED) is 0.711. The Morgan fingerprint density at radius 2 is 2.09 bits per heavy atom. The van der Waals surface area contributed by atoms with Crippen LogP contribution < -0.4 is 0 Å². The fraction of sp³-hybridized carbons (Fsp3) is 0.267. The number of thioether (sulfide) groups is 1. The summed E-state index contributed by atoms with van der Waals surface area (Å²) in [5.41, 5.74) is 0.0364. The van der Waals surface area contributed by atoms with Gasteiger partial charge in [-0.15, -0.1) is 11.8 Å². The first-order chi connectivity index (χ1) is 10.8. The van der Waals surface area contributed by atoms with Crippen molar-refractivity contribution in [1.29, 1.82) is 0 Å². The molecule has 1 heterocycles. The molecule has 0 saturated heterocycles. The number of furan rings is 1. The van der Waals surface area contributed by atoms with E-state index in [0.29, 0.717) is 4.90 Å². The first-order valence-corrected chi connectivity index (χ1v) is 8.12. The summed E-state index contributed by atoms with van der Waals surface area (Å²) in [6.07, 6.45) is -1.38. The van der Waals surface area contributed by atoms with Crippen LogP contribution >= 0.6 is 23.4 Å². The van der Waals surface area contributed by atoms with Crippen LogP contribution in [-0.2, 0) is 6.54 Å². The van der Waals surface area contributed by atoms with E-state index in [9.17, 15) is 18.0 Å². The Morgan fingerprint density at radius 3 is 2.65 bits per heavy atom. The number of carbonyl (C=O) groups is 1. The molecule has 1 aromatic carbocycles. The molecule has 0 aliphatic rings. The Labute approximate surface area is 140 Å². The van der Waals surface area contributed by atoms with Gasteiger partial charge in [0, 0.05) is 4.90 Å². The number of amides is 1. The number of benzene rings is 1. The Balaban J connectivity index is 2.32. The molecule has 0 saturated carbocycles. The van der Waals surface area contributed by atoms with E-state index in [1.165, 1.54) is 36.2 Å². The molecule has 124 valence electrons. The van der Waals surface area contributed by atoms with Gasteiger partial charge in [0.05, 0.1) is 23.4 Å². The molecular formula is C15H13ClF3NO2S. The number of hydrogen-bond donors (Lipinski definition) is 0. The highest BCUT2D eigenvalue weighted by Crippen LogP contribution is 2.26. The predicted molar refractivity (Wildman–Crippen MR) is 82.7 cm³/mol. The van der Waals surface area contributed by atoms with Gasteiger partial charge >= 0.3 is 6.18 Å². The minimum Gasteiger partial charge on any atom is -0.467 e. The van der Waals surface area contributed by atoms with Gasteiger partial charge in [0.25, 0.3) is 5.91 Å².